The van der Waals surface area contributed by atoms with Crippen LogP contribution in [0.15, 0.2) is 18.2 Å². The van der Waals surface area contributed by atoms with E-state index in [0.29, 0.717) is 13.0 Å². The molecule has 0 radical (unpaired) electrons. The van der Waals surface area contributed by atoms with Crippen LogP contribution in [-0.4, -0.2) is 18.9 Å². The molecule has 0 fully saturated rings. The second-order valence-electron chi connectivity index (χ2n) is 3.94. The van der Waals surface area contributed by atoms with Gasteiger partial charge < -0.3 is 10.5 Å². The van der Waals surface area contributed by atoms with Gasteiger partial charge >= 0.3 is 5.97 Å². The maximum atomic E-state index is 11.2. The lowest BCUT2D eigenvalue weighted by Gasteiger charge is -2.09. The van der Waals surface area contributed by atoms with Gasteiger partial charge in [0.1, 0.15) is 5.78 Å². The van der Waals surface area contributed by atoms with E-state index in [1.54, 1.807) is 0 Å². The molecule has 0 spiro atoms. The fourth-order valence-corrected chi connectivity index (χ4v) is 1.64. The van der Waals surface area contributed by atoms with Crippen molar-refractivity contribution >= 4 is 11.8 Å². The Morgan fingerprint density at radius 2 is 1.94 bits per heavy atom. The number of methoxy groups -OCH3 is 1. The molecule has 92 valence electrons. The first-order valence-corrected chi connectivity index (χ1v) is 5.43. The smallest absolute Gasteiger partial charge is 0.309 e. The average molecular weight is 235 g/mol. The third-order valence-corrected chi connectivity index (χ3v) is 2.51. The fraction of sp³-hybridized carbons (Fsp3) is 0.385. The third-order valence-electron chi connectivity index (χ3n) is 2.51. The molecule has 0 aliphatic carbocycles. The van der Waals surface area contributed by atoms with E-state index in [0.717, 1.165) is 16.7 Å². The summed E-state index contributed by atoms with van der Waals surface area (Å²) in [5, 5.41) is 0. The highest BCUT2D eigenvalue weighted by atomic mass is 16.5. The fourth-order valence-electron chi connectivity index (χ4n) is 1.64. The van der Waals surface area contributed by atoms with E-state index < -0.39 is 0 Å². The Morgan fingerprint density at radius 3 is 2.47 bits per heavy atom. The van der Waals surface area contributed by atoms with Gasteiger partial charge in [0, 0.05) is 13.0 Å². The number of carbonyl (C=O) groups is 2. The molecule has 0 aliphatic heterocycles. The summed E-state index contributed by atoms with van der Waals surface area (Å²) in [6.45, 7) is 1.94. The first-order chi connectivity index (χ1) is 8.06. The van der Waals surface area contributed by atoms with Crippen molar-refractivity contribution in [2.75, 3.05) is 7.11 Å². The quantitative estimate of drug-likeness (QED) is 0.773. The summed E-state index contributed by atoms with van der Waals surface area (Å²) in [6.07, 6.45) is 0.504. The highest BCUT2D eigenvalue weighted by molar-refractivity contribution is 5.80. The van der Waals surface area contributed by atoms with Gasteiger partial charge in [-0.3, -0.25) is 9.59 Å². The van der Waals surface area contributed by atoms with E-state index in [2.05, 4.69) is 4.74 Å². The monoisotopic (exact) mass is 235 g/mol. The Hall–Kier alpha value is -1.68. The van der Waals surface area contributed by atoms with Crippen LogP contribution in [0.5, 0.6) is 0 Å². The third kappa shape index (κ3) is 4.00. The molecule has 0 bridgehead atoms. The summed E-state index contributed by atoms with van der Waals surface area (Å²) in [5.41, 5.74) is 8.18. The SMILES string of the molecule is COC(=O)Cc1ccc(CN)cc1CC(C)=O. The molecule has 0 saturated carbocycles. The van der Waals surface area contributed by atoms with Gasteiger partial charge in [0.2, 0.25) is 0 Å². The van der Waals surface area contributed by atoms with E-state index in [4.69, 9.17) is 5.73 Å². The van der Waals surface area contributed by atoms with Gasteiger partial charge in [-0.15, -0.1) is 0 Å². The van der Waals surface area contributed by atoms with Gasteiger partial charge in [-0.25, -0.2) is 0 Å². The van der Waals surface area contributed by atoms with Crippen LogP contribution in [0, 0.1) is 0 Å². The zero-order valence-electron chi connectivity index (χ0n) is 10.2. The molecule has 1 aromatic carbocycles. The highest BCUT2D eigenvalue weighted by Gasteiger charge is 2.10. The molecule has 0 heterocycles. The number of hydrogen-bond acceptors (Lipinski definition) is 4. The van der Waals surface area contributed by atoms with Crippen molar-refractivity contribution in [3.8, 4) is 0 Å². The molecule has 0 unspecified atom stereocenters. The Bertz CT molecular complexity index is 427. The van der Waals surface area contributed by atoms with Crippen LogP contribution in [-0.2, 0) is 33.7 Å². The second-order valence-corrected chi connectivity index (χ2v) is 3.94. The van der Waals surface area contributed by atoms with Crippen LogP contribution in [0.3, 0.4) is 0 Å². The minimum atomic E-state index is -0.310. The maximum absolute atomic E-state index is 11.2. The first kappa shape index (κ1) is 13.4. The average Bonchev–Trinajstić information content (AvgIpc) is 2.30. The van der Waals surface area contributed by atoms with E-state index in [1.165, 1.54) is 14.0 Å². The van der Waals surface area contributed by atoms with Crippen LogP contribution in [0.1, 0.15) is 23.6 Å². The number of nitrogens with two attached hydrogens (primary N) is 1. The Balaban J connectivity index is 3.01. The molecule has 1 rings (SSSR count). The van der Waals surface area contributed by atoms with Gasteiger partial charge in [0.05, 0.1) is 13.5 Å². The maximum Gasteiger partial charge on any atom is 0.309 e. The van der Waals surface area contributed by atoms with Crippen LogP contribution < -0.4 is 5.73 Å². The Kier molecular flexibility index (Phi) is 4.84. The molecule has 17 heavy (non-hydrogen) atoms. The molecular weight excluding hydrogens is 218 g/mol. The lowest BCUT2D eigenvalue weighted by Crippen LogP contribution is -2.10. The predicted molar refractivity (Wildman–Crippen MR) is 64.4 cm³/mol. The van der Waals surface area contributed by atoms with Crippen molar-refractivity contribution in [2.45, 2.75) is 26.3 Å². The highest BCUT2D eigenvalue weighted by Crippen LogP contribution is 2.14. The van der Waals surface area contributed by atoms with Crippen LogP contribution in [0.4, 0.5) is 0 Å². The van der Waals surface area contributed by atoms with Crippen LogP contribution in [0.2, 0.25) is 0 Å². The van der Waals surface area contributed by atoms with Gasteiger partial charge in [-0.2, -0.15) is 0 Å². The number of ether oxygens (including phenoxy) is 1. The van der Waals surface area contributed by atoms with Crippen molar-refractivity contribution in [3.05, 3.63) is 34.9 Å². The van der Waals surface area contributed by atoms with Crippen LogP contribution in [0.25, 0.3) is 0 Å². The zero-order chi connectivity index (χ0) is 12.8. The second kappa shape index (κ2) is 6.15. The van der Waals surface area contributed by atoms with Crippen molar-refractivity contribution < 1.29 is 14.3 Å². The van der Waals surface area contributed by atoms with Crippen molar-refractivity contribution in [2.24, 2.45) is 5.73 Å². The van der Waals surface area contributed by atoms with E-state index >= 15 is 0 Å². The van der Waals surface area contributed by atoms with Crippen molar-refractivity contribution in [3.63, 3.8) is 0 Å². The molecular formula is C13H17NO3. The number of esters is 1. The first-order valence-electron chi connectivity index (χ1n) is 5.43. The molecule has 0 aromatic heterocycles. The summed E-state index contributed by atoms with van der Waals surface area (Å²) >= 11 is 0. The van der Waals surface area contributed by atoms with Crippen LogP contribution >= 0.6 is 0 Å². The number of benzene rings is 1. The minimum absolute atomic E-state index is 0.0605. The summed E-state index contributed by atoms with van der Waals surface area (Å²) in [6, 6.07) is 5.57. The van der Waals surface area contributed by atoms with Crippen molar-refractivity contribution in [1.29, 1.82) is 0 Å². The summed E-state index contributed by atoms with van der Waals surface area (Å²) in [5.74, 6) is -0.249. The standard InChI is InChI=1S/C13H17NO3/c1-9(15)5-12-6-10(8-14)3-4-11(12)7-13(16)17-2/h3-4,6H,5,7-8,14H2,1-2H3. The molecule has 0 saturated heterocycles. The lowest BCUT2D eigenvalue weighted by atomic mass is 9.97. The molecule has 2 N–H and O–H groups in total. The van der Waals surface area contributed by atoms with Gasteiger partial charge in [0.15, 0.2) is 0 Å². The minimum Gasteiger partial charge on any atom is -0.469 e. The topological polar surface area (TPSA) is 69.4 Å². The molecule has 4 nitrogen and oxygen atoms in total. The van der Waals surface area contributed by atoms with E-state index in [1.807, 2.05) is 18.2 Å². The normalized spacial score (nSPS) is 10.1. The Morgan fingerprint density at radius 1 is 1.24 bits per heavy atom. The molecule has 0 atom stereocenters. The van der Waals surface area contributed by atoms with Gasteiger partial charge in [0.25, 0.3) is 0 Å². The Labute approximate surface area is 101 Å². The molecule has 4 heteroatoms. The largest absolute Gasteiger partial charge is 0.469 e. The molecule has 0 amide bonds. The summed E-state index contributed by atoms with van der Waals surface area (Å²) < 4.78 is 4.62. The van der Waals surface area contributed by atoms with E-state index in [-0.39, 0.29) is 18.2 Å². The molecule has 1 aromatic rings. The number of carbonyl (C=O) groups excluding carboxylic acids is 2. The number of Topliss-reactive ketones (excluding diaryl/α,β-unsaturated/α-hetero) is 1. The van der Waals surface area contributed by atoms with Gasteiger partial charge in [-0.1, -0.05) is 18.2 Å². The number of hydrogen-bond donors (Lipinski definition) is 1. The molecule has 0 aliphatic rings. The zero-order valence-corrected chi connectivity index (χ0v) is 10.2. The van der Waals surface area contributed by atoms with E-state index in [9.17, 15) is 9.59 Å². The number of ketones is 1. The van der Waals surface area contributed by atoms with Crippen molar-refractivity contribution in [1.82, 2.24) is 0 Å². The number of rotatable bonds is 5. The lowest BCUT2D eigenvalue weighted by molar-refractivity contribution is -0.139. The predicted octanol–water partition coefficient (Wildman–Crippen LogP) is 0.992. The van der Waals surface area contributed by atoms with Gasteiger partial charge in [-0.05, 0) is 23.6 Å². The summed E-state index contributed by atoms with van der Waals surface area (Å²) in [7, 11) is 1.35. The summed E-state index contributed by atoms with van der Waals surface area (Å²) in [4.78, 5) is 22.4.